The van der Waals surface area contributed by atoms with Crippen molar-refractivity contribution >= 4 is 69.1 Å². The Morgan fingerprint density at radius 1 is 1.04 bits per heavy atom. The van der Waals surface area contributed by atoms with Gasteiger partial charge in [0.15, 0.2) is 22.8 Å². The summed E-state index contributed by atoms with van der Waals surface area (Å²) in [5, 5.41) is 36.0. The molecule has 57 heavy (non-hydrogen) atoms. The fraction of sp³-hybridized carbons (Fsp3) is 0.714. The van der Waals surface area contributed by atoms with Gasteiger partial charge in [0.1, 0.15) is 36.3 Å². The van der Waals surface area contributed by atoms with Gasteiger partial charge in [0.05, 0.1) is 25.6 Å². The first-order valence-corrected chi connectivity index (χ1v) is 22.5. The molecule has 8 atom stereocenters. The van der Waals surface area contributed by atoms with Crippen molar-refractivity contribution in [3.05, 3.63) is 12.7 Å². The minimum Gasteiger partial charge on any atom is -0.393 e. The van der Waals surface area contributed by atoms with Crippen LogP contribution in [-0.4, -0.2) is 134 Å². The number of thioether (sulfide) groups is 1. The van der Waals surface area contributed by atoms with Gasteiger partial charge in [-0.1, -0.05) is 39.5 Å². The molecule has 2 aromatic rings. The van der Waals surface area contributed by atoms with E-state index in [4.69, 9.17) is 19.5 Å². The minimum atomic E-state index is -5.58. The number of carbonyl (C=O) groups is 3. The number of amides is 2. The van der Waals surface area contributed by atoms with Crippen LogP contribution in [-0.2, 0) is 50.7 Å². The molecule has 1 aliphatic heterocycles. The minimum absolute atomic E-state index is 0.00131. The molecule has 1 fully saturated rings. The van der Waals surface area contributed by atoms with E-state index < -0.39 is 90.7 Å². The van der Waals surface area contributed by atoms with E-state index in [1.807, 2.05) is 13.8 Å². The number of hydrogen-bond acceptors (Lipinski definition) is 19. The molecule has 0 radical (unpaired) electrons. The molecule has 0 bridgehead atoms. The number of anilines is 1. The van der Waals surface area contributed by atoms with Crippen LogP contribution in [0.5, 0.6) is 0 Å². The molecule has 3 rings (SSSR count). The van der Waals surface area contributed by atoms with Crippen LogP contribution in [0.3, 0.4) is 0 Å². The van der Waals surface area contributed by atoms with Gasteiger partial charge < -0.3 is 56.0 Å². The second kappa shape index (κ2) is 20.7. The van der Waals surface area contributed by atoms with Crippen molar-refractivity contribution in [1.82, 2.24) is 30.2 Å². The Morgan fingerprint density at radius 3 is 2.35 bits per heavy atom. The molecule has 0 spiro atoms. The van der Waals surface area contributed by atoms with Gasteiger partial charge in [0.25, 0.3) is 0 Å². The number of phosphoric ester groups is 3. The number of rotatable bonds is 23. The van der Waals surface area contributed by atoms with Gasteiger partial charge in [-0.25, -0.2) is 28.6 Å². The summed E-state index contributed by atoms with van der Waals surface area (Å²) in [6.45, 7) is 4.22. The van der Waals surface area contributed by atoms with Crippen LogP contribution in [0.25, 0.3) is 11.2 Å². The van der Waals surface area contributed by atoms with E-state index >= 15 is 0 Å². The van der Waals surface area contributed by atoms with Crippen molar-refractivity contribution in [2.45, 2.75) is 83.7 Å². The maximum Gasteiger partial charge on any atom is 0.481 e. The summed E-state index contributed by atoms with van der Waals surface area (Å²) in [6, 6.07) is 0. The Hall–Kier alpha value is -2.48. The molecule has 0 aliphatic carbocycles. The highest BCUT2D eigenvalue weighted by atomic mass is 32.2. The third-order valence-electron chi connectivity index (χ3n) is 7.91. The number of carbonyl (C=O) groups excluding carboxylic acids is 3. The molecule has 11 N–H and O–H groups in total. The summed E-state index contributed by atoms with van der Waals surface area (Å²) < 4.78 is 62.1. The number of aliphatic hydroxyl groups excluding tert-OH is 3. The standard InChI is InChI=1S/C28H48N7O18P3S/c1-15(2)9-16(36)10-19(38)57-8-7-30-18(37)5-6-31-26(41)23(40)28(3,4)12-50-56(47,48)53-55(45,46)49-11-17-22(52-54(42,43)44)21(39)27(51-17)35-14-34-20-24(29)32-13-33-25(20)35/h13-17,21-23,27,36,39-40H,5-12H2,1-4H3,(H,30,37)(H,31,41)(H,45,46)(H,47,48)(H2,29,32,33)(H2,42,43,44)/t16-,17+,21+,22+,23-,27+/m0/s1. The van der Waals surface area contributed by atoms with Crippen molar-refractivity contribution in [2.75, 3.05) is 37.8 Å². The number of phosphoric acid groups is 3. The molecule has 2 aromatic heterocycles. The molecule has 1 aliphatic rings. The summed E-state index contributed by atoms with van der Waals surface area (Å²) in [7, 11) is -16.4. The number of aliphatic hydroxyl groups is 3. The van der Waals surface area contributed by atoms with E-state index in [2.05, 4.69) is 34.4 Å². The van der Waals surface area contributed by atoms with Gasteiger partial charge >= 0.3 is 23.5 Å². The summed E-state index contributed by atoms with van der Waals surface area (Å²) in [5.74, 6) is -1.01. The number of nitrogens with one attached hydrogen (secondary N) is 2. The van der Waals surface area contributed by atoms with Crippen LogP contribution in [0.2, 0.25) is 0 Å². The van der Waals surface area contributed by atoms with Crippen molar-refractivity contribution in [2.24, 2.45) is 11.3 Å². The van der Waals surface area contributed by atoms with E-state index in [-0.39, 0.29) is 59.7 Å². The highest BCUT2D eigenvalue weighted by Crippen LogP contribution is 2.61. The zero-order valence-corrected chi connectivity index (χ0v) is 34.6. The first kappa shape index (κ1) is 48.9. The molecule has 2 unspecified atom stereocenters. The average Bonchev–Trinajstić information content (AvgIpc) is 3.64. The SMILES string of the molecule is CC(C)C[C@H](O)CC(=O)SCCNC(=O)CCNC(=O)[C@H](O)C(C)(C)COP(=O)(O)OP(=O)(O)OC[C@H]1O[C@@H](n2cnc3c(N)ncnc32)[C@H](O)[C@@H]1OP(=O)(O)O. The molecule has 1 saturated heterocycles. The third-order valence-corrected chi connectivity index (χ3v) is 11.9. The van der Waals surface area contributed by atoms with Gasteiger partial charge in [0, 0.05) is 37.1 Å². The predicted molar refractivity (Wildman–Crippen MR) is 197 cm³/mol. The lowest BCUT2D eigenvalue weighted by atomic mass is 9.87. The molecular weight excluding hydrogens is 847 g/mol. The first-order valence-electron chi connectivity index (χ1n) is 17.0. The summed E-state index contributed by atoms with van der Waals surface area (Å²) in [6.07, 6.45) is -7.24. The zero-order valence-electron chi connectivity index (χ0n) is 31.1. The highest BCUT2D eigenvalue weighted by molar-refractivity contribution is 8.13. The normalized spacial score (nSPS) is 22.2. The lowest BCUT2D eigenvalue weighted by molar-refractivity contribution is -0.137. The second-order valence-corrected chi connectivity index (χ2v) is 19.2. The largest absolute Gasteiger partial charge is 0.481 e. The quantitative estimate of drug-likeness (QED) is 0.0495. The van der Waals surface area contributed by atoms with Gasteiger partial charge in [-0.2, -0.15) is 4.31 Å². The predicted octanol–water partition coefficient (Wildman–Crippen LogP) is -0.538. The van der Waals surface area contributed by atoms with E-state index in [0.29, 0.717) is 6.42 Å². The van der Waals surface area contributed by atoms with Gasteiger partial charge in [-0.05, 0) is 12.3 Å². The molecule has 0 aromatic carbocycles. The number of hydrogen-bond donors (Lipinski definition) is 10. The van der Waals surface area contributed by atoms with Crippen LogP contribution in [0.4, 0.5) is 5.82 Å². The third kappa shape index (κ3) is 15.6. The number of aromatic nitrogens is 4. The van der Waals surface area contributed by atoms with Crippen molar-refractivity contribution in [3.8, 4) is 0 Å². The Morgan fingerprint density at radius 2 is 1.70 bits per heavy atom. The maximum atomic E-state index is 12.7. The average molecular weight is 896 g/mol. The molecule has 29 heteroatoms. The summed E-state index contributed by atoms with van der Waals surface area (Å²) >= 11 is 0.966. The Balaban J connectivity index is 1.47. The van der Waals surface area contributed by atoms with E-state index in [0.717, 1.165) is 29.0 Å². The van der Waals surface area contributed by atoms with Crippen molar-refractivity contribution in [1.29, 1.82) is 0 Å². The topological polar surface area (TPSA) is 384 Å². The van der Waals surface area contributed by atoms with Gasteiger partial charge in [-0.3, -0.25) is 32.5 Å². The van der Waals surface area contributed by atoms with E-state index in [1.165, 1.54) is 13.8 Å². The summed E-state index contributed by atoms with van der Waals surface area (Å²) in [5.41, 5.74) is 4.24. The summed E-state index contributed by atoms with van der Waals surface area (Å²) in [4.78, 5) is 87.5. The Bertz CT molecular complexity index is 1850. The number of fused-ring (bicyclic) bond motifs is 1. The van der Waals surface area contributed by atoms with Crippen LogP contribution in [0.15, 0.2) is 12.7 Å². The molecule has 3 heterocycles. The van der Waals surface area contributed by atoms with Crippen LogP contribution >= 0.6 is 35.2 Å². The number of nitrogens with zero attached hydrogens (tertiary/aromatic N) is 4. The molecule has 2 amide bonds. The lowest BCUT2D eigenvalue weighted by Crippen LogP contribution is -2.46. The fourth-order valence-corrected chi connectivity index (χ4v) is 8.74. The number of nitrogens with two attached hydrogens (primary N) is 1. The number of imidazole rings is 1. The maximum absolute atomic E-state index is 12.7. The Kier molecular flexibility index (Phi) is 17.7. The Labute approximate surface area is 329 Å². The second-order valence-electron chi connectivity index (χ2n) is 13.8. The van der Waals surface area contributed by atoms with Crippen molar-refractivity contribution in [3.63, 3.8) is 0 Å². The first-order chi connectivity index (χ1) is 26.3. The molecule has 0 saturated carbocycles. The monoisotopic (exact) mass is 895 g/mol. The zero-order chi connectivity index (χ0) is 42.9. The van der Waals surface area contributed by atoms with Crippen LogP contribution < -0.4 is 16.4 Å². The van der Waals surface area contributed by atoms with Crippen LogP contribution in [0, 0.1) is 11.3 Å². The van der Waals surface area contributed by atoms with Gasteiger partial charge in [0.2, 0.25) is 11.8 Å². The van der Waals surface area contributed by atoms with Crippen molar-refractivity contribution < 1.29 is 85.6 Å². The fourth-order valence-electron chi connectivity index (χ4n) is 5.17. The van der Waals surface area contributed by atoms with E-state index in [1.54, 1.807) is 0 Å². The molecule has 25 nitrogen and oxygen atoms in total. The molecular formula is C28H48N7O18P3S. The lowest BCUT2D eigenvalue weighted by Gasteiger charge is -2.30. The number of ether oxygens (including phenoxy) is 1. The van der Waals surface area contributed by atoms with E-state index in [9.17, 15) is 63.0 Å². The highest BCUT2D eigenvalue weighted by Gasteiger charge is 2.50. The van der Waals surface area contributed by atoms with Crippen LogP contribution in [0.1, 0.15) is 53.2 Å². The smallest absolute Gasteiger partial charge is 0.393 e. The molecule has 324 valence electrons. The van der Waals surface area contributed by atoms with Gasteiger partial charge in [-0.15, -0.1) is 0 Å². The number of nitrogen functional groups attached to an aromatic ring is 1.